The summed E-state index contributed by atoms with van der Waals surface area (Å²) in [5.74, 6) is 7.36. The summed E-state index contributed by atoms with van der Waals surface area (Å²) >= 11 is -1.94. The molecule has 1 aromatic rings. The third-order valence-corrected chi connectivity index (χ3v) is 14.2. The van der Waals surface area contributed by atoms with Crippen molar-refractivity contribution in [1.82, 2.24) is 0 Å². The monoisotopic (exact) mass is 299 g/mol. The van der Waals surface area contributed by atoms with Crippen molar-refractivity contribution < 1.29 is 4.79 Å². The Morgan fingerprint density at radius 3 is 2.00 bits per heavy atom. The summed E-state index contributed by atoms with van der Waals surface area (Å²) in [6.07, 6.45) is 4.39. The van der Waals surface area contributed by atoms with Gasteiger partial charge >= 0.3 is 104 Å². The predicted molar refractivity (Wildman–Crippen MR) is 77.1 cm³/mol. The topological polar surface area (TPSA) is 17.1 Å². The van der Waals surface area contributed by atoms with Gasteiger partial charge in [-0.25, -0.2) is 0 Å². The number of carbonyl (C=O) groups excluding carboxylic acids is 1. The van der Waals surface area contributed by atoms with Gasteiger partial charge in [-0.15, -0.1) is 0 Å². The molecule has 0 radical (unpaired) electrons. The molecule has 1 unspecified atom stereocenters. The Kier molecular flexibility index (Phi) is 4.68. The zero-order chi connectivity index (χ0) is 12.3. The molecule has 0 bridgehead atoms. The second kappa shape index (κ2) is 5.41. The van der Waals surface area contributed by atoms with Crippen LogP contribution in [0.15, 0.2) is 30.3 Å². The predicted octanol–water partition coefficient (Wildman–Crippen LogP) is 2.99. The molecule has 0 aliphatic carbocycles. The zero-order valence-electron chi connectivity index (χ0n) is 10.8. The molecule has 0 N–H and O–H groups in total. The molecule has 0 fully saturated rings. The maximum atomic E-state index is 12.5. The Bertz CT molecular complexity index is 354. The molecule has 1 aromatic carbocycles. The molecule has 16 heavy (non-hydrogen) atoms. The van der Waals surface area contributed by atoms with Gasteiger partial charge in [0.2, 0.25) is 0 Å². The van der Waals surface area contributed by atoms with Crippen LogP contribution in [0.4, 0.5) is 0 Å². The molecule has 0 heterocycles. The standard InChI is InChI=1S/C13H21GeOS/c1-14(2,3)13(16(4)5)12(15)11-9-7-6-8-10-11/h6-10,13H,1-5H3/q+1. The molecular weight excluding hydrogens is 277 g/mol. The quantitative estimate of drug-likeness (QED) is 0.474. The second-order valence-electron chi connectivity index (χ2n) is 5.36. The summed E-state index contributed by atoms with van der Waals surface area (Å²) in [5, 5.41) is 0. The van der Waals surface area contributed by atoms with Crippen molar-refractivity contribution >= 4 is 29.9 Å². The van der Waals surface area contributed by atoms with E-state index in [2.05, 4.69) is 29.8 Å². The van der Waals surface area contributed by atoms with Crippen molar-refractivity contribution in [3.05, 3.63) is 35.9 Å². The Hall–Kier alpha value is -0.217. The average Bonchev–Trinajstić information content (AvgIpc) is 2.16. The van der Waals surface area contributed by atoms with E-state index in [1.165, 1.54) is 0 Å². The van der Waals surface area contributed by atoms with Gasteiger partial charge in [0.15, 0.2) is 0 Å². The van der Waals surface area contributed by atoms with E-state index in [9.17, 15) is 4.79 Å². The molecule has 0 aliphatic heterocycles. The maximum absolute atomic E-state index is 12.5. The summed E-state index contributed by atoms with van der Waals surface area (Å²) in [5.41, 5.74) is 0.884. The Balaban J connectivity index is 3.02. The summed E-state index contributed by atoms with van der Waals surface area (Å²) in [6, 6.07) is 9.74. The summed E-state index contributed by atoms with van der Waals surface area (Å²) in [4.78, 5) is 12.5. The van der Waals surface area contributed by atoms with Crippen LogP contribution in [-0.2, 0) is 10.9 Å². The summed E-state index contributed by atoms with van der Waals surface area (Å²) in [7, 11) is 0.180. The average molecular weight is 298 g/mol. The van der Waals surface area contributed by atoms with Crippen molar-refractivity contribution in [2.45, 2.75) is 21.4 Å². The van der Waals surface area contributed by atoms with Crippen LogP contribution in [0.2, 0.25) is 17.3 Å². The first-order valence-corrected chi connectivity index (χ1v) is 15.1. The number of carbonyl (C=O) groups is 1. The molecule has 88 valence electrons. The fourth-order valence-electron chi connectivity index (χ4n) is 2.07. The number of hydrogen-bond donors (Lipinski definition) is 0. The van der Waals surface area contributed by atoms with E-state index >= 15 is 0 Å². The molecular formula is C13H21GeOS+. The van der Waals surface area contributed by atoms with Crippen LogP contribution in [0, 0.1) is 0 Å². The Labute approximate surface area is 104 Å². The van der Waals surface area contributed by atoms with Gasteiger partial charge in [-0.2, -0.15) is 0 Å². The first-order valence-electron chi connectivity index (χ1n) is 5.49. The SMILES string of the molecule is C[S+](C)[CH](C(=O)c1ccccc1)[Ge]([CH3])([CH3])[CH3]. The molecule has 0 saturated heterocycles. The molecule has 0 spiro atoms. The Morgan fingerprint density at radius 2 is 1.62 bits per heavy atom. The molecule has 0 saturated carbocycles. The van der Waals surface area contributed by atoms with Crippen LogP contribution in [0.25, 0.3) is 0 Å². The first-order chi connectivity index (χ1) is 7.34. The van der Waals surface area contributed by atoms with Crippen molar-refractivity contribution in [2.75, 3.05) is 12.5 Å². The fraction of sp³-hybridized carbons (Fsp3) is 0.462. The van der Waals surface area contributed by atoms with Crippen molar-refractivity contribution in [1.29, 1.82) is 0 Å². The van der Waals surface area contributed by atoms with E-state index in [0.29, 0.717) is 9.87 Å². The van der Waals surface area contributed by atoms with Gasteiger partial charge in [0.05, 0.1) is 0 Å². The van der Waals surface area contributed by atoms with Crippen LogP contribution in [0.5, 0.6) is 0 Å². The number of hydrogen-bond acceptors (Lipinski definition) is 1. The van der Waals surface area contributed by atoms with Crippen molar-refractivity contribution in [3.8, 4) is 0 Å². The van der Waals surface area contributed by atoms with E-state index in [4.69, 9.17) is 0 Å². The summed E-state index contributed by atoms with van der Waals surface area (Å²) in [6.45, 7) is 0. The van der Waals surface area contributed by atoms with Crippen LogP contribution >= 0.6 is 0 Å². The van der Waals surface area contributed by atoms with Crippen molar-refractivity contribution in [3.63, 3.8) is 0 Å². The number of Topliss-reactive ketones (excluding diaryl/α,β-unsaturated/α-hetero) is 1. The van der Waals surface area contributed by atoms with Gasteiger partial charge < -0.3 is 0 Å². The molecule has 0 aliphatic rings. The van der Waals surface area contributed by atoms with Crippen LogP contribution in [0.1, 0.15) is 10.4 Å². The third kappa shape index (κ3) is 3.39. The van der Waals surface area contributed by atoms with Gasteiger partial charge in [-0.05, 0) is 0 Å². The minimum atomic E-state index is -1.94. The second-order valence-corrected chi connectivity index (χ2v) is 19.6. The molecule has 1 atom stereocenters. The fourth-order valence-corrected chi connectivity index (χ4v) is 14.9. The number of ketones is 1. The normalized spacial score (nSPS) is 13.9. The van der Waals surface area contributed by atoms with Gasteiger partial charge in [-0.3, -0.25) is 0 Å². The third-order valence-electron chi connectivity index (χ3n) is 2.55. The number of benzene rings is 1. The van der Waals surface area contributed by atoms with Crippen LogP contribution < -0.4 is 0 Å². The van der Waals surface area contributed by atoms with Crippen molar-refractivity contribution in [2.24, 2.45) is 0 Å². The van der Waals surface area contributed by atoms with E-state index in [0.717, 1.165) is 5.56 Å². The van der Waals surface area contributed by atoms with E-state index < -0.39 is 13.3 Å². The summed E-state index contributed by atoms with van der Waals surface area (Å²) < 4.78 is 0.294. The number of rotatable bonds is 4. The molecule has 0 amide bonds. The van der Waals surface area contributed by atoms with Gasteiger partial charge in [0, 0.05) is 0 Å². The van der Waals surface area contributed by atoms with Crippen LogP contribution in [-0.4, -0.2) is 35.6 Å². The Morgan fingerprint density at radius 1 is 1.12 bits per heavy atom. The minimum absolute atomic E-state index is 0.180. The molecule has 1 nitrogen and oxygen atoms in total. The van der Waals surface area contributed by atoms with Gasteiger partial charge in [-0.1, -0.05) is 0 Å². The van der Waals surface area contributed by atoms with Gasteiger partial charge in [0.25, 0.3) is 0 Å². The molecule has 1 rings (SSSR count). The molecule has 3 heteroatoms. The zero-order valence-corrected chi connectivity index (χ0v) is 13.7. The molecule has 0 aromatic heterocycles. The van der Waals surface area contributed by atoms with E-state index in [1.54, 1.807) is 0 Å². The van der Waals surface area contributed by atoms with Gasteiger partial charge in [0.1, 0.15) is 0 Å². The van der Waals surface area contributed by atoms with E-state index in [-0.39, 0.29) is 10.9 Å². The van der Waals surface area contributed by atoms with E-state index in [1.807, 2.05) is 30.3 Å². The first kappa shape index (κ1) is 13.8. The van der Waals surface area contributed by atoms with Crippen LogP contribution in [0.3, 0.4) is 0 Å².